The Balaban J connectivity index is 3.37. The van der Waals surface area contributed by atoms with E-state index in [2.05, 4.69) is 6.92 Å². The van der Waals surface area contributed by atoms with Gasteiger partial charge in [0.1, 0.15) is 0 Å². The maximum atomic E-state index is 9.24. The molecule has 0 aliphatic carbocycles. The SMILES string of the molecule is CC(CSCC(O)CCl)SCC(O)CCl. The van der Waals surface area contributed by atoms with Gasteiger partial charge in [0.25, 0.3) is 0 Å². The molecule has 0 heterocycles. The molecule has 3 atom stereocenters. The molecule has 0 rings (SSSR count). The first kappa shape index (κ1) is 16.2. The molecule has 0 amide bonds. The molecule has 0 saturated heterocycles. The Morgan fingerprint density at radius 2 is 1.53 bits per heavy atom. The second-order valence-corrected chi connectivity index (χ2v) is 6.46. The Hall–Kier alpha value is 1.20. The minimum atomic E-state index is -0.419. The molecule has 0 saturated carbocycles. The van der Waals surface area contributed by atoms with Gasteiger partial charge in [0, 0.05) is 34.3 Å². The maximum absolute atomic E-state index is 9.24. The van der Waals surface area contributed by atoms with E-state index in [0.29, 0.717) is 22.6 Å². The smallest absolute Gasteiger partial charge is 0.0765 e. The number of rotatable bonds is 9. The zero-order chi connectivity index (χ0) is 11.7. The molecule has 0 fully saturated rings. The lowest BCUT2D eigenvalue weighted by atomic mass is 10.5. The van der Waals surface area contributed by atoms with Crippen molar-refractivity contribution in [3.8, 4) is 0 Å². The van der Waals surface area contributed by atoms with Gasteiger partial charge >= 0.3 is 0 Å². The third-order valence-corrected chi connectivity index (χ3v) is 5.18. The van der Waals surface area contributed by atoms with Crippen molar-refractivity contribution in [2.24, 2.45) is 0 Å². The molecule has 0 aromatic rings. The summed E-state index contributed by atoms with van der Waals surface area (Å²) >= 11 is 14.3. The van der Waals surface area contributed by atoms with E-state index in [-0.39, 0.29) is 5.88 Å². The van der Waals surface area contributed by atoms with Gasteiger partial charge in [0.05, 0.1) is 12.2 Å². The molecule has 15 heavy (non-hydrogen) atoms. The lowest BCUT2D eigenvalue weighted by Gasteiger charge is -2.13. The summed E-state index contributed by atoms with van der Waals surface area (Å²) in [6.45, 7) is 2.10. The monoisotopic (exact) mass is 292 g/mol. The standard InChI is InChI=1S/C9H18Cl2O2S2/c1-7(15-6-9(13)3-11)4-14-5-8(12)2-10/h7-9,12-13H,2-6H2,1H3. The van der Waals surface area contributed by atoms with Crippen LogP contribution in [0.15, 0.2) is 0 Å². The third kappa shape index (κ3) is 10.1. The summed E-state index contributed by atoms with van der Waals surface area (Å²) in [4.78, 5) is 0. The van der Waals surface area contributed by atoms with Gasteiger partial charge in [-0.15, -0.1) is 23.2 Å². The van der Waals surface area contributed by atoms with Gasteiger partial charge in [0.2, 0.25) is 0 Å². The fraction of sp³-hybridized carbons (Fsp3) is 1.00. The van der Waals surface area contributed by atoms with Gasteiger partial charge in [-0.25, -0.2) is 0 Å². The van der Waals surface area contributed by atoms with E-state index in [1.807, 2.05) is 0 Å². The normalized spacial score (nSPS) is 17.4. The highest BCUT2D eigenvalue weighted by Gasteiger charge is 2.09. The Bertz CT molecular complexity index is 152. The average molecular weight is 293 g/mol. The summed E-state index contributed by atoms with van der Waals surface area (Å²) in [5.41, 5.74) is 0. The molecule has 3 unspecified atom stereocenters. The van der Waals surface area contributed by atoms with Crippen molar-refractivity contribution >= 4 is 46.7 Å². The second-order valence-electron chi connectivity index (χ2n) is 3.30. The van der Waals surface area contributed by atoms with Crippen LogP contribution in [0.5, 0.6) is 0 Å². The lowest BCUT2D eigenvalue weighted by molar-refractivity contribution is 0.223. The van der Waals surface area contributed by atoms with E-state index in [0.717, 1.165) is 5.75 Å². The Morgan fingerprint density at radius 3 is 2.07 bits per heavy atom. The minimum Gasteiger partial charge on any atom is -0.391 e. The minimum absolute atomic E-state index is 0.290. The van der Waals surface area contributed by atoms with Crippen LogP contribution < -0.4 is 0 Å². The van der Waals surface area contributed by atoms with Crippen molar-refractivity contribution in [2.45, 2.75) is 24.4 Å². The van der Waals surface area contributed by atoms with Gasteiger partial charge in [-0.3, -0.25) is 0 Å². The number of thioether (sulfide) groups is 2. The maximum Gasteiger partial charge on any atom is 0.0765 e. The molecule has 2 N–H and O–H groups in total. The van der Waals surface area contributed by atoms with Crippen LogP contribution in [0.3, 0.4) is 0 Å². The molecule has 0 aromatic carbocycles. The van der Waals surface area contributed by atoms with Gasteiger partial charge in [-0.2, -0.15) is 23.5 Å². The van der Waals surface area contributed by atoms with Crippen LogP contribution in [0.4, 0.5) is 0 Å². The largest absolute Gasteiger partial charge is 0.391 e. The first-order valence-electron chi connectivity index (χ1n) is 4.77. The highest BCUT2D eigenvalue weighted by molar-refractivity contribution is 8.03. The van der Waals surface area contributed by atoms with Crippen molar-refractivity contribution < 1.29 is 10.2 Å². The zero-order valence-corrected chi connectivity index (χ0v) is 11.9. The quantitative estimate of drug-likeness (QED) is 0.638. The fourth-order valence-electron chi connectivity index (χ4n) is 0.783. The van der Waals surface area contributed by atoms with E-state index in [4.69, 9.17) is 23.2 Å². The number of hydrogen-bond acceptors (Lipinski definition) is 4. The van der Waals surface area contributed by atoms with Crippen LogP contribution in [0, 0.1) is 0 Å². The van der Waals surface area contributed by atoms with Crippen LogP contribution in [-0.4, -0.2) is 56.7 Å². The van der Waals surface area contributed by atoms with Crippen LogP contribution in [0.1, 0.15) is 6.92 Å². The molecular weight excluding hydrogens is 275 g/mol. The van der Waals surface area contributed by atoms with Gasteiger partial charge < -0.3 is 10.2 Å². The Labute approximate surface area is 110 Å². The summed E-state index contributed by atoms with van der Waals surface area (Å²) in [5, 5.41) is 18.9. The van der Waals surface area contributed by atoms with E-state index < -0.39 is 12.2 Å². The van der Waals surface area contributed by atoms with Gasteiger partial charge in [-0.05, 0) is 0 Å². The number of halogens is 2. The lowest BCUT2D eigenvalue weighted by Crippen LogP contribution is -2.16. The van der Waals surface area contributed by atoms with Crippen molar-refractivity contribution in [3.63, 3.8) is 0 Å². The van der Waals surface area contributed by atoms with Gasteiger partial charge in [0.15, 0.2) is 0 Å². The van der Waals surface area contributed by atoms with Crippen LogP contribution in [-0.2, 0) is 0 Å². The van der Waals surface area contributed by atoms with Gasteiger partial charge in [-0.1, -0.05) is 6.92 Å². The molecule has 0 spiro atoms. The highest BCUT2D eigenvalue weighted by atomic mass is 35.5. The van der Waals surface area contributed by atoms with Crippen LogP contribution >= 0.6 is 46.7 Å². The topological polar surface area (TPSA) is 40.5 Å². The van der Waals surface area contributed by atoms with E-state index >= 15 is 0 Å². The Morgan fingerprint density at radius 1 is 1.00 bits per heavy atom. The second kappa shape index (κ2) is 10.4. The summed E-state index contributed by atoms with van der Waals surface area (Å²) < 4.78 is 0. The van der Waals surface area contributed by atoms with E-state index in [1.54, 1.807) is 23.5 Å². The number of aliphatic hydroxyl groups excluding tert-OH is 2. The molecule has 0 aromatic heterocycles. The predicted molar refractivity (Wildman–Crippen MR) is 72.7 cm³/mol. The predicted octanol–water partition coefficient (Wildman–Crippen LogP) is 2.04. The summed E-state index contributed by atoms with van der Waals surface area (Å²) in [5.74, 6) is 2.88. The fourth-order valence-corrected chi connectivity index (χ4v) is 3.46. The molecule has 0 aliphatic rings. The van der Waals surface area contributed by atoms with Crippen molar-refractivity contribution in [1.29, 1.82) is 0 Å². The highest BCUT2D eigenvalue weighted by Crippen LogP contribution is 2.18. The summed E-state index contributed by atoms with van der Waals surface area (Å²) in [6, 6.07) is 0. The average Bonchev–Trinajstić information content (AvgIpc) is 2.25. The first-order valence-corrected chi connectivity index (χ1v) is 8.04. The van der Waals surface area contributed by atoms with Crippen LogP contribution in [0.25, 0.3) is 0 Å². The first-order chi connectivity index (χ1) is 7.10. The van der Waals surface area contributed by atoms with Crippen molar-refractivity contribution in [2.75, 3.05) is 29.0 Å². The molecule has 0 bridgehead atoms. The number of aliphatic hydroxyl groups is 2. The van der Waals surface area contributed by atoms with Crippen molar-refractivity contribution in [3.05, 3.63) is 0 Å². The number of hydrogen-bond donors (Lipinski definition) is 2. The molecule has 0 radical (unpaired) electrons. The summed E-state index contributed by atoms with van der Waals surface area (Å²) in [7, 11) is 0. The number of alkyl halides is 2. The molecule has 2 nitrogen and oxygen atoms in total. The Kier molecular flexibility index (Phi) is 11.2. The molecule has 6 heteroatoms. The van der Waals surface area contributed by atoms with Crippen molar-refractivity contribution in [1.82, 2.24) is 0 Å². The zero-order valence-electron chi connectivity index (χ0n) is 8.73. The molecule has 0 aliphatic heterocycles. The molecular formula is C9H18Cl2O2S2. The summed E-state index contributed by atoms with van der Waals surface area (Å²) in [6.07, 6.45) is -0.833. The van der Waals surface area contributed by atoms with E-state index in [1.165, 1.54) is 0 Å². The van der Waals surface area contributed by atoms with E-state index in [9.17, 15) is 10.2 Å². The van der Waals surface area contributed by atoms with Crippen LogP contribution in [0.2, 0.25) is 0 Å². The third-order valence-electron chi connectivity index (χ3n) is 1.59. The molecule has 92 valence electrons.